The lowest BCUT2D eigenvalue weighted by molar-refractivity contribution is -0.142. The number of aliphatic carboxylic acids is 1. The number of benzene rings is 1. The Balaban J connectivity index is 1.86. The van der Waals surface area contributed by atoms with Gasteiger partial charge in [-0.15, -0.1) is 0 Å². The molecule has 4 unspecified atom stereocenters. The minimum Gasteiger partial charge on any atom is -0.480 e. The Labute approximate surface area is 220 Å². The predicted octanol–water partition coefficient (Wildman–Crippen LogP) is 0.609. The Kier molecular flexibility index (Phi) is 9.61. The van der Waals surface area contributed by atoms with E-state index in [0.717, 1.165) is 16.5 Å². The highest BCUT2D eigenvalue weighted by Crippen LogP contribution is 2.19. The van der Waals surface area contributed by atoms with Gasteiger partial charge >= 0.3 is 5.97 Å². The number of fused-ring (bicyclic) bond motifs is 1. The van der Waals surface area contributed by atoms with Crippen molar-refractivity contribution in [2.75, 3.05) is 0 Å². The molecule has 0 spiro atoms. The molecule has 0 aliphatic rings. The van der Waals surface area contributed by atoms with Gasteiger partial charge in [0, 0.05) is 41.8 Å². The number of carbonyl (C=O) groups excluding carboxylic acids is 3. The van der Waals surface area contributed by atoms with E-state index in [1.165, 1.54) is 19.4 Å². The summed E-state index contributed by atoms with van der Waals surface area (Å²) in [4.78, 5) is 60.8. The van der Waals surface area contributed by atoms with E-state index in [1.54, 1.807) is 6.20 Å². The van der Waals surface area contributed by atoms with Crippen LogP contribution in [0.3, 0.4) is 0 Å². The molecule has 1 aromatic carbocycles. The Hall–Kier alpha value is -4.19. The standard InChI is InChI=1S/C26H35N7O5/c1-14(2)8-20(31-23(34)15(3)27)24(35)32-21(9-16-11-29-19-7-5-4-6-18(16)19)25(36)33-22(26(37)38)10-17-12-28-13-30-17/h4-7,11-15,20-22,29H,8-10,27H2,1-3H3,(H,28,30)(H,31,34)(H,32,35)(H,33,36)(H,37,38). The van der Waals surface area contributed by atoms with Crippen molar-refractivity contribution in [3.63, 3.8) is 0 Å². The number of nitrogens with two attached hydrogens (primary N) is 1. The summed E-state index contributed by atoms with van der Waals surface area (Å²) in [6.45, 7) is 5.32. The van der Waals surface area contributed by atoms with Crippen molar-refractivity contribution in [1.82, 2.24) is 30.9 Å². The molecule has 12 nitrogen and oxygen atoms in total. The van der Waals surface area contributed by atoms with Crippen molar-refractivity contribution in [2.45, 2.75) is 64.2 Å². The molecule has 0 saturated carbocycles. The van der Waals surface area contributed by atoms with Gasteiger partial charge in [-0.1, -0.05) is 32.0 Å². The smallest absolute Gasteiger partial charge is 0.326 e. The Morgan fingerprint density at radius 1 is 0.921 bits per heavy atom. The Bertz CT molecular complexity index is 1250. The van der Waals surface area contributed by atoms with E-state index in [0.29, 0.717) is 12.1 Å². The summed E-state index contributed by atoms with van der Waals surface area (Å²) in [6, 6.07) is 3.40. The van der Waals surface area contributed by atoms with Crippen molar-refractivity contribution in [1.29, 1.82) is 0 Å². The molecule has 3 amide bonds. The first kappa shape index (κ1) is 28.4. The number of H-pyrrole nitrogens is 2. The second-order valence-electron chi connectivity index (χ2n) is 9.78. The third-order valence-electron chi connectivity index (χ3n) is 6.08. The number of hydrogen-bond acceptors (Lipinski definition) is 6. The van der Waals surface area contributed by atoms with E-state index in [2.05, 4.69) is 30.9 Å². The van der Waals surface area contributed by atoms with Crippen LogP contribution < -0.4 is 21.7 Å². The van der Waals surface area contributed by atoms with Gasteiger partial charge in [-0.05, 0) is 30.9 Å². The number of para-hydroxylation sites is 1. The lowest BCUT2D eigenvalue weighted by Gasteiger charge is -2.25. The average molecular weight is 526 g/mol. The highest BCUT2D eigenvalue weighted by molar-refractivity contribution is 5.94. The second kappa shape index (κ2) is 12.9. The van der Waals surface area contributed by atoms with Gasteiger partial charge in [0.1, 0.15) is 18.1 Å². The maximum Gasteiger partial charge on any atom is 0.326 e. The molecule has 0 saturated heterocycles. The molecular weight excluding hydrogens is 490 g/mol. The summed E-state index contributed by atoms with van der Waals surface area (Å²) in [5.41, 5.74) is 7.83. The zero-order chi connectivity index (χ0) is 27.8. The number of carbonyl (C=O) groups is 4. The van der Waals surface area contributed by atoms with Gasteiger partial charge in [-0.2, -0.15) is 0 Å². The summed E-state index contributed by atoms with van der Waals surface area (Å²) < 4.78 is 0. The van der Waals surface area contributed by atoms with Crippen LogP contribution in [0, 0.1) is 5.92 Å². The van der Waals surface area contributed by atoms with Crippen molar-refractivity contribution in [3.05, 3.63) is 54.2 Å². The highest BCUT2D eigenvalue weighted by Gasteiger charge is 2.31. The van der Waals surface area contributed by atoms with Gasteiger partial charge in [-0.25, -0.2) is 9.78 Å². The quantitative estimate of drug-likeness (QED) is 0.170. The summed E-state index contributed by atoms with van der Waals surface area (Å²) >= 11 is 0. The highest BCUT2D eigenvalue weighted by atomic mass is 16.4. The lowest BCUT2D eigenvalue weighted by atomic mass is 10.00. The molecule has 4 atom stereocenters. The van der Waals surface area contributed by atoms with Crippen molar-refractivity contribution in [3.8, 4) is 0 Å². The first-order valence-corrected chi connectivity index (χ1v) is 12.5. The maximum absolute atomic E-state index is 13.4. The van der Waals surface area contributed by atoms with Gasteiger partial charge in [0.25, 0.3) is 0 Å². The monoisotopic (exact) mass is 525 g/mol. The minimum absolute atomic E-state index is 0.0186. The molecule has 0 fully saturated rings. The van der Waals surface area contributed by atoms with Crippen LogP contribution in [-0.2, 0) is 32.0 Å². The summed E-state index contributed by atoms with van der Waals surface area (Å²) in [5.74, 6) is -2.89. The topological polar surface area (TPSA) is 195 Å². The SMILES string of the molecule is CC(C)CC(NC(=O)C(C)N)C(=O)NC(Cc1c[nH]c2ccccc12)C(=O)NC(Cc1cnc[nH]1)C(=O)O. The molecule has 2 heterocycles. The van der Waals surface area contributed by atoms with Gasteiger partial charge in [0.2, 0.25) is 17.7 Å². The number of rotatable bonds is 13. The minimum atomic E-state index is -1.26. The van der Waals surface area contributed by atoms with Crippen LogP contribution in [0.2, 0.25) is 0 Å². The molecule has 2 aromatic heterocycles. The van der Waals surface area contributed by atoms with E-state index in [9.17, 15) is 24.3 Å². The molecule has 204 valence electrons. The molecule has 0 radical (unpaired) electrons. The number of aromatic amines is 2. The van der Waals surface area contributed by atoms with Gasteiger partial charge in [-0.3, -0.25) is 14.4 Å². The van der Waals surface area contributed by atoms with Gasteiger partial charge in [0.05, 0.1) is 12.4 Å². The van der Waals surface area contributed by atoms with Crippen LogP contribution in [0.1, 0.15) is 38.4 Å². The van der Waals surface area contributed by atoms with Gasteiger partial charge < -0.3 is 36.8 Å². The fourth-order valence-corrected chi connectivity index (χ4v) is 4.10. The first-order chi connectivity index (χ1) is 18.0. The normalized spacial score (nSPS) is 14.4. The van der Waals surface area contributed by atoms with E-state index >= 15 is 0 Å². The molecule has 8 N–H and O–H groups in total. The number of carboxylic acid groups (broad SMARTS) is 1. The predicted molar refractivity (Wildman–Crippen MR) is 141 cm³/mol. The molecule has 0 aliphatic carbocycles. The Morgan fingerprint density at radius 2 is 1.58 bits per heavy atom. The molecule has 0 bridgehead atoms. The number of nitrogens with one attached hydrogen (secondary N) is 5. The largest absolute Gasteiger partial charge is 0.480 e. The van der Waals surface area contributed by atoms with E-state index < -0.39 is 47.9 Å². The van der Waals surface area contributed by atoms with Crippen molar-refractivity contribution >= 4 is 34.6 Å². The van der Waals surface area contributed by atoms with Gasteiger partial charge in [0.15, 0.2) is 0 Å². The molecular formula is C26H35N7O5. The number of imidazole rings is 1. The van der Waals surface area contributed by atoms with Crippen LogP contribution in [0.15, 0.2) is 43.0 Å². The summed E-state index contributed by atoms with van der Waals surface area (Å²) in [7, 11) is 0. The number of nitrogens with zero attached hydrogens (tertiary/aromatic N) is 1. The molecule has 38 heavy (non-hydrogen) atoms. The second-order valence-corrected chi connectivity index (χ2v) is 9.78. The zero-order valence-corrected chi connectivity index (χ0v) is 21.7. The molecule has 3 rings (SSSR count). The molecule has 0 aliphatic heterocycles. The third-order valence-corrected chi connectivity index (χ3v) is 6.08. The van der Waals surface area contributed by atoms with Crippen LogP contribution in [0.25, 0.3) is 10.9 Å². The van der Waals surface area contributed by atoms with Crippen LogP contribution in [-0.4, -0.2) is 67.9 Å². The number of aromatic nitrogens is 3. The summed E-state index contributed by atoms with van der Waals surface area (Å²) in [6.07, 6.45) is 5.04. The lowest BCUT2D eigenvalue weighted by Crippen LogP contribution is -2.57. The van der Waals surface area contributed by atoms with E-state index in [1.807, 2.05) is 38.1 Å². The fourth-order valence-electron chi connectivity index (χ4n) is 4.10. The summed E-state index contributed by atoms with van der Waals surface area (Å²) in [5, 5.41) is 18.5. The number of carboxylic acids is 1. The van der Waals surface area contributed by atoms with Crippen LogP contribution >= 0.6 is 0 Å². The van der Waals surface area contributed by atoms with E-state index in [4.69, 9.17) is 5.73 Å². The van der Waals surface area contributed by atoms with Crippen molar-refractivity contribution in [2.24, 2.45) is 11.7 Å². The average Bonchev–Trinajstić information content (AvgIpc) is 3.52. The zero-order valence-electron chi connectivity index (χ0n) is 21.7. The third kappa shape index (κ3) is 7.65. The maximum atomic E-state index is 13.4. The van der Waals surface area contributed by atoms with Crippen LogP contribution in [0.5, 0.6) is 0 Å². The molecule has 3 aromatic rings. The number of hydrogen-bond donors (Lipinski definition) is 7. The number of amides is 3. The van der Waals surface area contributed by atoms with Crippen LogP contribution in [0.4, 0.5) is 0 Å². The van der Waals surface area contributed by atoms with E-state index in [-0.39, 0.29) is 18.8 Å². The Morgan fingerprint density at radius 3 is 2.21 bits per heavy atom. The molecule has 12 heteroatoms. The first-order valence-electron chi connectivity index (χ1n) is 12.5. The van der Waals surface area contributed by atoms with Crippen molar-refractivity contribution < 1.29 is 24.3 Å². The fraction of sp³-hybridized carbons (Fsp3) is 0.423.